The second-order valence-corrected chi connectivity index (χ2v) is 19.6. The molecule has 73 heavy (non-hydrogen) atoms. The van der Waals surface area contributed by atoms with E-state index in [2.05, 4.69) is 10.4 Å². The van der Waals surface area contributed by atoms with E-state index in [1.54, 1.807) is 24.3 Å². The van der Waals surface area contributed by atoms with Crippen LogP contribution in [0.3, 0.4) is 0 Å². The molecule has 0 saturated heterocycles. The molecule has 0 spiro atoms. The van der Waals surface area contributed by atoms with Crippen LogP contribution in [-0.4, -0.2) is 137 Å². The minimum absolute atomic E-state index is 0.0211. The van der Waals surface area contributed by atoms with E-state index in [0.29, 0.717) is 17.0 Å². The molecule has 2 heterocycles. The number of amides is 2. The molecule has 1 aliphatic carbocycles. The lowest BCUT2D eigenvalue weighted by Crippen LogP contribution is -2.46. The molecule has 1 saturated carbocycles. The summed E-state index contributed by atoms with van der Waals surface area (Å²) in [6.45, 7) is -0.683. The third-order valence-corrected chi connectivity index (χ3v) is 13.1. The van der Waals surface area contributed by atoms with Gasteiger partial charge in [0.1, 0.15) is 49.0 Å². The summed E-state index contributed by atoms with van der Waals surface area (Å²) < 4.78 is 45.5. The molecule has 12 N–H and O–H groups in total. The number of phenolic OH excluding ortho intramolecular Hbond substituents is 1. The molecule has 4 bridgehead atoms. The van der Waals surface area contributed by atoms with Crippen molar-refractivity contribution in [3.8, 4) is 39.8 Å². The van der Waals surface area contributed by atoms with Crippen LogP contribution in [0, 0.1) is 11.8 Å². The van der Waals surface area contributed by atoms with Crippen molar-refractivity contribution in [3.05, 3.63) is 93.9 Å². The van der Waals surface area contributed by atoms with Gasteiger partial charge in [0, 0.05) is 74.6 Å². The number of carbonyl (C=O) groups excluding carboxylic acids is 4. The number of aliphatic carboxylic acids is 1. The van der Waals surface area contributed by atoms with Gasteiger partial charge in [-0.05, 0) is 85.3 Å². The van der Waals surface area contributed by atoms with Gasteiger partial charge in [0.2, 0.25) is 11.8 Å². The van der Waals surface area contributed by atoms with Crippen LogP contribution in [0.4, 0.5) is 0 Å². The summed E-state index contributed by atoms with van der Waals surface area (Å²) in [5, 5.41) is 54.7. The number of fused-ring (bicyclic) bond motifs is 5. The van der Waals surface area contributed by atoms with Crippen LogP contribution in [0.1, 0.15) is 79.4 Å². The third-order valence-electron chi connectivity index (χ3n) is 12.6. The Hall–Kier alpha value is -6.80. The molecule has 24 heteroatoms. The minimum Gasteiger partial charge on any atom is -0.504 e. The van der Waals surface area contributed by atoms with Gasteiger partial charge >= 0.3 is 5.97 Å². The number of likely N-dealkylation sites (N-methyl/N-ethyl adjacent to an activating group) is 1. The Morgan fingerprint density at radius 1 is 0.904 bits per heavy atom. The van der Waals surface area contributed by atoms with E-state index in [1.807, 2.05) is 4.72 Å². The SMILES string of the molecule is C[C@@H]1CC(=O)[C@@H](N(C)C(=O)[C@H](CNS(N)(=O)=O)CC(=O)c2cnn(-c3ccc(OC4CCCCC4)cc3)c(=O)c2)c2cc(OC[C@H](O)CN)c(O)c(c2)-c2cc(ccc2OC[C@H](O)CN)C[C@@H](C(=O)O)NC1=O. The molecular weight excluding hydrogens is 973 g/mol. The molecule has 6 rings (SSSR count). The summed E-state index contributed by atoms with van der Waals surface area (Å²) in [4.78, 5) is 84.1. The van der Waals surface area contributed by atoms with Gasteiger partial charge in [0.25, 0.3) is 15.8 Å². The first-order valence-corrected chi connectivity index (χ1v) is 25.2. The summed E-state index contributed by atoms with van der Waals surface area (Å²) in [6, 6.07) is 11.3. The quantitative estimate of drug-likeness (QED) is 0.0548. The number of hydrogen-bond acceptors (Lipinski definition) is 17. The molecule has 1 aliphatic heterocycles. The molecule has 1 aromatic heterocycles. The number of hydrogen-bond donors (Lipinski definition) is 9. The van der Waals surface area contributed by atoms with Crippen LogP contribution < -0.4 is 46.4 Å². The number of ether oxygens (including phenoxy) is 3. The van der Waals surface area contributed by atoms with Crippen LogP contribution >= 0.6 is 0 Å². The second kappa shape index (κ2) is 24.8. The van der Waals surface area contributed by atoms with Gasteiger partial charge in [-0.1, -0.05) is 19.4 Å². The Morgan fingerprint density at radius 2 is 1.56 bits per heavy atom. The van der Waals surface area contributed by atoms with E-state index in [0.717, 1.165) is 53.9 Å². The lowest BCUT2D eigenvalue weighted by Gasteiger charge is -2.32. The van der Waals surface area contributed by atoms with E-state index >= 15 is 0 Å². The molecule has 4 aromatic rings. The molecule has 0 unspecified atom stereocenters. The van der Waals surface area contributed by atoms with Crippen molar-refractivity contribution in [2.24, 2.45) is 28.4 Å². The maximum absolute atomic E-state index is 14.9. The Kier molecular flexibility index (Phi) is 18.8. The van der Waals surface area contributed by atoms with Crippen LogP contribution in [-0.2, 0) is 35.8 Å². The van der Waals surface area contributed by atoms with E-state index in [-0.39, 0.29) is 66.0 Å². The normalized spacial score (nSPS) is 18.9. The van der Waals surface area contributed by atoms with Crippen molar-refractivity contribution in [1.82, 2.24) is 24.7 Å². The van der Waals surface area contributed by atoms with Crippen molar-refractivity contribution in [2.75, 3.05) is 39.9 Å². The van der Waals surface area contributed by atoms with Gasteiger partial charge in [0.05, 0.1) is 23.9 Å². The number of carboxylic acids is 1. The lowest BCUT2D eigenvalue weighted by atomic mass is 9.88. The average molecular weight is 1040 g/mol. The first kappa shape index (κ1) is 55.5. The molecule has 0 radical (unpaired) electrons. The monoisotopic (exact) mass is 1030 g/mol. The number of carbonyl (C=O) groups is 5. The van der Waals surface area contributed by atoms with E-state index in [1.165, 1.54) is 44.3 Å². The topological polar surface area (TPSA) is 368 Å². The summed E-state index contributed by atoms with van der Waals surface area (Å²) in [7, 11) is -3.33. The zero-order valence-electron chi connectivity index (χ0n) is 40.3. The first-order valence-electron chi connectivity index (χ1n) is 23.7. The van der Waals surface area contributed by atoms with Gasteiger partial charge in [-0.2, -0.15) is 18.2 Å². The standard InChI is InChI=1S/C49H62N8O15S/c1-27-14-41(61)45(29-17-38(46(63)43(19-29)71-26-34(59)22-51)37-15-28(16-39(49(66)67)55-47(27)64)8-13-42(37)70-25-33(58)21-50)56(2)48(65)31(24-54-73(52,68)69)18-40(60)30-20-44(62)57(53-23-30)32-9-11-36(12-10-32)72-35-6-4-3-5-7-35/h8-13,15,17,19-20,23,27,31,33-35,39,45,54,58-59,63H,3-7,14,16,18,21-22,24-26,50-51H2,1-2H3,(H,55,64)(H,66,67)(H2,52,68,69)/t27-,31+,33-,34-,39+,45+/m1/s1. The van der Waals surface area contributed by atoms with Gasteiger partial charge < -0.3 is 56.3 Å². The van der Waals surface area contributed by atoms with Crippen LogP contribution in [0.2, 0.25) is 0 Å². The summed E-state index contributed by atoms with van der Waals surface area (Å²) in [6.07, 6.45) is 2.39. The molecule has 6 atom stereocenters. The Balaban J connectivity index is 1.41. The number of phenols is 1. The van der Waals surface area contributed by atoms with E-state index in [9.17, 15) is 57.6 Å². The molecule has 1 fully saturated rings. The molecule has 2 aliphatic rings. The maximum atomic E-state index is 14.9. The minimum atomic E-state index is -4.51. The number of nitrogens with one attached hydrogen (secondary N) is 2. The van der Waals surface area contributed by atoms with Gasteiger partial charge in [-0.15, -0.1) is 0 Å². The van der Waals surface area contributed by atoms with Crippen molar-refractivity contribution < 1.29 is 67.0 Å². The summed E-state index contributed by atoms with van der Waals surface area (Å²) in [5.74, 6) is -8.00. The number of aromatic hydroxyl groups is 1. The van der Waals surface area contributed by atoms with Crippen molar-refractivity contribution in [1.29, 1.82) is 0 Å². The number of rotatable bonds is 20. The predicted octanol–water partition coefficient (Wildman–Crippen LogP) is 0.616. The molecule has 2 amide bonds. The zero-order valence-corrected chi connectivity index (χ0v) is 41.2. The number of aliphatic hydroxyl groups is 2. The zero-order chi connectivity index (χ0) is 53.1. The number of benzene rings is 3. The third kappa shape index (κ3) is 14.7. The van der Waals surface area contributed by atoms with Crippen LogP contribution in [0.15, 0.2) is 71.7 Å². The Morgan fingerprint density at radius 3 is 2.18 bits per heavy atom. The number of aromatic nitrogens is 2. The highest BCUT2D eigenvalue weighted by molar-refractivity contribution is 7.87. The van der Waals surface area contributed by atoms with Crippen molar-refractivity contribution >= 4 is 39.6 Å². The largest absolute Gasteiger partial charge is 0.504 e. The molecule has 3 aromatic carbocycles. The highest BCUT2D eigenvalue weighted by atomic mass is 32.2. The lowest BCUT2D eigenvalue weighted by molar-refractivity contribution is -0.143. The summed E-state index contributed by atoms with van der Waals surface area (Å²) >= 11 is 0. The Labute approximate surface area is 420 Å². The summed E-state index contributed by atoms with van der Waals surface area (Å²) in [5.41, 5.74) is 10.9. The molecule has 394 valence electrons. The van der Waals surface area contributed by atoms with Crippen LogP contribution in [0.25, 0.3) is 16.8 Å². The number of ketones is 2. The maximum Gasteiger partial charge on any atom is 0.326 e. The van der Waals surface area contributed by atoms with Gasteiger partial charge in [-0.3, -0.25) is 24.0 Å². The predicted molar refractivity (Wildman–Crippen MR) is 263 cm³/mol. The number of nitrogens with two attached hydrogens (primary N) is 3. The fourth-order valence-corrected chi connectivity index (χ4v) is 8.98. The first-order chi connectivity index (χ1) is 34.7. The number of Topliss-reactive ketones (excluding diaryl/α,β-unsaturated/α-hetero) is 2. The van der Waals surface area contributed by atoms with Gasteiger partial charge in [0.15, 0.2) is 23.1 Å². The molecular formula is C49H62N8O15S. The van der Waals surface area contributed by atoms with E-state index in [4.69, 9.17) is 30.8 Å². The fraction of sp³-hybridized carbons (Fsp3) is 0.449. The second-order valence-electron chi connectivity index (χ2n) is 18.3. The highest BCUT2D eigenvalue weighted by Gasteiger charge is 2.37. The Bertz CT molecular complexity index is 2820. The van der Waals surface area contributed by atoms with Crippen molar-refractivity contribution in [2.45, 2.75) is 88.7 Å². The van der Waals surface area contributed by atoms with Crippen LogP contribution in [0.5, 0.6) is 23.0 Å². The number of aliphatic hydroxyl groups excluding tert-OH is 2. The van der Waals surface area contributed by atoms with Crippen molar-refractivity contribution in [3.63, 3.8) is 0 Å². The fourth-order valence-electron chi connectivity index (χ4n) is 8.55. The van der Waals surface area contributed by atoms with E-state index < -0.39 is 113 Å². The molecule has 23 nitrogen and oxygen atoms in total. The average Bonchev–Trinajstić information content (AvgIpc) is 3.36. The number of carboxylic acid groups (broad SMARTS) is 1. The van der Waals surface area contributed by atoms with Gasteiger partial charge in [-0.25, -0.2) is 14.7 Å². The highest BCUT2D eigenvalue weighted by Crippen LogP contribution is 2.45. The smallest absolute Gasteiger partial charge is 0.326 e. The number of nitrogens with zero attached hydrogens (tertiary/aromatic N) is 3.